The molecule has 0 spiro atoms. The molecule has 2 aromatic rings. The number of rotatable bonds is 4. The molecule has 1 saturated heterocycles. The lowest BCUT2D eigenvalue weighted by molar-refractivity contribution is -0.130. The van der Waals surface area contributed by atoms with Crippen LogP contribution in [0.2, 0.25) is 0 Å². The second kappa shape index (κ2) is 7.75. The Hall–Kier alpha value is -3.29. The summed E-state index contributed by atoms with van der Waals surface area (Å²) in [5.74, 6) is 2.17. The number of anilines is 1. The van der Waals surface area contributed by atoms with E-state index in [4.69, 9.17) is 14.0 Å². The van der Waals surface area contributed by atoms with Crippen LogP contribution in [0.1, 0.15) is 24.2 Å². The molecule has 1 fully saturated rings. The summed E-state index contributed by atoms with van der Waals surface area (Å²) in [6.45, 7) is 3.07. The molecule has 0 atom stereocenters. The van der Waals surface area contributed by atoms with Crippen LogP contribution in [-0.4, -0.2) is 41.8 Å². The van der Waals surface area contributed by atoms with Crippen molar-refractivity contribution >= 4 is 23.7 Å². The van der Waals surface area contributed by atoms with E-state index in [0.29, 0.717) is 49.0 Å². The Labute approximate surface area is 162 Å². The molecule has 146 valence electrons. The Balaban J connectivity index is 1.28. The van der Waals surface area contributed by atoms with Crippen LogP contribution in [0.25, 0.3) is 6.08 Å². The fraction of sp³-hybridized carbons (Fsp3) is 0.350. The SMILES string of the molecule is Cc1cc(NC(=O)C2CCN(C(=O)/C=C/c3ccc4c(c3)OCO4)CC2)no1. The molecule has 1 aromatic heterocycles. The smallest absolute Gasteiger partial charge is 0.246 e. The van der Waals surface area contributed by atoms with Crippen LogP contribution < -0.4 is 14.8 Å². The van der Waals surface area contributed by atoms with Crippen LogP contribution in [0, 0.1) is 12.8 Å². The molecule has 2 amide bonds. The molecule has 2 aliphatic heterocycles. The van der Waals surface area contributed by atoms with E-state index in [-0.39, 0.29) is 24.5 Å². The fourth-order valence-corrected chi connectivity index (χ4v) is 3.31. The van der Waals surface area contributed by atoms with Crippen molar-refractivity contribution in [2.75, 3.05) is 25.2 Å². The molecular weight excluding hydrogens is 362 g/mol. The molecule has 8 nitrogen and oxygen atoms in total. The first kappa shape index (κ1) is 18.1. The largest absolute Gasteiger partial charge is 0.454 e. The van der Waals surface area contributed by atoms with Gasteiger partial charge in [-0.3, -0.25) is 9.59 Å². The van der Waals surface area contributed by atoms with Gasteiger partial charge in [0.25, 0.3) is 0 Å². The molecule has 0 unspecified atom stereocenters. The number of piperidine rings is 1. The number of benzene rings is 1. The second-order valence-corrected chi connectivity index (χ2v) is 6.86. The van der Waals surface area contributed by atoms with Gasteiger partial charge >= 0.3 is 0 Å². The lowest BCUT2D eigenvalue weighted by Crippen LogP contribution is -2.40. The van der Waals surface area contributed by atoms with Crippen molar-refractivity contribution in [2.24, 2.45) is 5.92 Å². The van der Waals surface area contributed by atoms with E-state index in [1.54, 1.807) is 30.0 Å². The van der Waals surface area contributed by atoms with E-state index < -0.39 is 0 Å². The third kappa shape index (κ3) is 4.00. The first-order valence-corrected chi connectivity index (χ1v) is 9.19. The predicted molar refractivity (Wildman–Crippen MR) is 101 cm³/mol. The molecule has 2 aliphatic rings. The summed E-state index contributed by atoms with van der Waals surface area (Å²) >= 11 is 0. The average Bonchev–Trinajstić information content (AvgIpc) is 3.34. The number of carbonyl (C=O) groups excluding carboxylic acids is 2. The average molecular weight is 383 g/mol. The molecule has 0 radical (unpaired) electrons. The zero-order valence-corrected chi connectivity index (χ0v) is 15.5. The Morgan fingerprint density at radius 3 is 2.71 bits per heavy atom. The summed E-state index contributed by atoms with van der Waals surface area (Å²) in [6.07, 6.45) is 4.55. The molecule has 8 heteroatoms. The lowest BCUT2D eigenvalue weighted by Gasteiger charge is -2.30. The van der Waals surface area contributed by atoms with E-state index >= 15 is 0 Å². The van der Waals surface area contributed by atoms with Crippen molar-refractivity contribution in [3.8, 4) is 11.5 Å². The number of fused-ring (bicyclic) bond motifs is 1. The van der Waals surface area contributed by atoms with Gasteiger partial charge in [-0.1, -0.05) is 11.2 Å². The molecule has 0 aliphatic carbocycles. The molecule has 3 heterocycles. The van der Waals surface area contributed by atoms with Crippen LogP contribution in [0.4, 0.5) is 5.82 Å². The number of amides is 2. The predicted octanol–water partition coefficient (Wildman–Crippen LogP) is 2.60. The van der Waals surface area contributed by atoms with Gasteiger partial charge in [0.1, 0.15) is 5.76 Å². The quantitative estimate of drug-likeness (QED) is 0.816. The van der Waals surface area contributed by atoms with Crippen molar-refractivity contribution < 1.29 is 23.6 Å². The number of hydrogen-bond donors (Lipinski definition) is 1. The number of carbonyl (C=O) groups is 2. The zero-order valence-electron chi connectivity index (χ0n) is 15.5. The van der Waals surface area contributed by atoms with Crippen LogP contribution in [0.5, 0.6) is 11.5 Å². The van der Waals surface area contributed by atoms with E-state index in [1.807, 2.05) is 18.2 Å². The summed E-state index contributed by atoms with van der Waals surface area (Å²) in [5.41, 5.74) is 0.870. The Kier molecular flexibility index (Phi) is 5.01. The maximum atomic E-state index is 12.4. The van der Waals surface area contributed by atoms with Gasteiger partial charge in [0, 0.05) is 31.1 Å². The minimum atomic E-state index is -0.140. The summed E-state index contributed by atoms with van der Waals surface area (Å²) in [7, 11) is 0. The number of aryl methyl sites for hydroxylation is 1. The second-order valence-electron chi connectivity index (χ2n) is 6.86. The summed E-state index contributed by atoms with van der Waals surface area (Å²) in [5, 5.41) is 6.53. The van der Waals surface area contributed by atoms with Gasteiger partial charge in [-0.25, -0.2) is 0 Å². The highest BCUT2D eigenvalue weighted by molar-refractivity contribution is 5.93. The third-order valence-electron chi connectivity index (χ3n) is 4.87. The normalized spacial score (nSPS) is 16.5. The number of nitrogens with one attached hydrogen (secondary N) is 1. The van der Waals surface area contributed by atoms with Gasteiger partial charge in [0.15, 0.2) is 17.3 Å². The summed E-state index contributed by atoms with van der Waals surface area (Å²) < 4.78 is 15.6. The number of likely N-dealkylation sites (tertiary alicyclic amines) is 1. The van der Waals surface area contributed by atoms with Gasteiger partial charge < -0.3 is 24.2 Å². The zero-order chi connectivity index (χ0) is 19.5. The number of nitrogens with zero attached hydrogens (tertiary/aromatic N) is 2. The highest BCUT2D eigenvalue weighted by atomic mass is 16.7. The van der Waals surface area contributed by atoms with Gasteiger partial charge in [0.05, 0.1) is 0 Å². The summed E-state index contributed by atoms with van der Waals surface area (Å²) in [4.78, 5) is 26.5. The molecule has 28 heavy (non-hydrogen) atoms. The standard InChI is InChI=1S/C20H21N3O5/c1-13-10-18(22-28-13)21-20(25)15-6-8-23(9-7-15)19(24)5-3-14-2-4-16-17(11-14)27-12-26-16/h2-5,10-11,15H,6-9,12H2,1H3,(H,21,22,25)/b5-3+. The Morgan fingerprint density at radius 1 is 1.18 bits per heavy atom. The van der Waals surface area contributed by atoms with Gasteiger partial charge in [-0.2, -0.15) is 0 Å². The van der Waals surface area contributed by atoms with Crippen molar-refractivity contribution in [3.05, 3.63) is 41.7 Å². The third-order valence-corrected chi connectivity index (χ3v) is 4.87. The van der Waals surface area contributed by atoms with Gasteiger partial charge in [-0.05, 0) is 43.5 Å². The Bertz CT molecular complexity index is 912. The maximum absolute atomic E-state index is 12.4. The molecule has 0 saturated carbocycles. The van der Waals surface area contributed by atoms with Crippen LogP contribution in [-0.2, 0) is 9.59 Å². The highest BCUT2D eigenvalue weighted by Crippen LogP contribution is 2.32. The molecular formula is C20H21N3O5. The first-order valence-electron chi connectivity index (χ1n) is 9.19. The monoisotopic (exact) mass is 383 g/mol. The van der Waals surface area contributed by atoms with Crippen molar-refractivity contribution in [2.45, 2.75) is 19.8 Å². The van der Waals surface area contributed by atoms with E-state index in [0.717, 1.165) is 5.56 Å². The Morgan fingerprint density at radius 2 is 1.96 bits per heavy atom. The molecule has 1 aromatic carbocycles. The number of hydrogen-bond acceptors (Lipinski definition) is 6. The highest BCUT2D eigenvalue weighted by Gasteiger charge is 2.27. The topological polar surface area (TPSA) is 93.9 Å². The number of aromatic nitrogens is 1. The van der Waals surface area contributed by atoms with Crippen molar-refractivity contribution in [3.63, 3.8) is 0 Å². The minimum Gasteiger partial charge on any atom is -0.454 e. The van der Waals surface area contributed by atoms with Crippen molar-refractivity contribution in [1.29, 1.82) is 0 Å². The fourth-order valence-electron chi connectivity index (χ4n) is 3.31. The van der Waals surface area contributed by atoms with Crippen LogP contribution in [0.15, 0.2) is 34.9 Å². The lowest BCUT2D eigenvalue weighted by atomic mass is 9.96. The summed E-state index contributed by atoms with van der Waals surface area (Å²) in [6, 6.07) is 7.22. The number of ether oxygens (including phenoxy) is 2. The van der Waals surface area contributed by atoms with Crippen LogP contribution >= 0.6 is 0 Å². The molecule has 1 N–H and O–H groups in total. The van der Waals surface area contributed by atoms with E-state index in [1.165, 1.54) is 0 Å². The van der Waals surface area contributed by atoms with E-state index in [2.05, 4.69) is 10.5 Å². The van der Waals surface area contributed by atoms with Gasteiger partial charge in [0.2, 0.25) is 18.6 Å². The van der Waals surface area contributed by atoms with E-state index in [9.17, 15) is 9.59 Å². The molecule has 4 rings (SSSR count). The first-order chi connectivity index (χ1) is 13.6. The van der Waals surface area contributed by atoms with Crippen LogP contribution in [0.3, 0.4) is 0 Å². The minimum absolute atomic E-state index is 0.0661. The maximum Gasteiger partial charge on any atom is 0.246 e. The van der Waals surface area contributed by atoms with Gasteiger partial charge in [-0.15, -0.1) is 0 Å². The molecule has 0 bridgehead atoms. The van der Waals surface area contributed by atoms with Crippen molar-refractivity contribution in [1.82, 2.24) is 10.1 Å².